The van der Waals surface area contributed by atoms with E-state index in [4.69, 9.17) is 4.74 Å². The summed E-state index contributed by atoms with van der Waals surface area (Å²) in [5.74, 6) is 1.59. The van der Waals surface area contributed by atoms with Crippen LogP contribution in [0.2, 0.25) is 0 Å². The molecule has 2 rings (SSSR count). The molecule has 0 aliphatic heterocycles. The molecule has 0 saturated carbocycles. The third kappa shape index (κ3) is 4.45. The molecule has 4 nitrogen and oxygen atoms in total. The maximum atomic E-state index is 11.3. The van der Waals surface area contributed by atoms with Crippen molar-refractivity contribution in [3.63, 3.8) is 0 Å². The maximum Gasteiger partial charge on any atom is 0.376 e. The van der Waals surface area contributed by atoms with E-state index in [1.807, 2.05) is 48.7 Å². The molecule has 0 atom stereocenters. The normalized spacial score (nSPS) is 9.32. The van der Waals surface area contributed by atoms with Crippen LogP contribution in [0.15, 0.2) is 52.8 Å². The molecule has 96 valence electrons. The number of hydrogen-bond acceptors (Lipinski definition) is 4. The Morgan fingerprint density at radius 1 is 1.37 bits per heavy atom. The number of ether oxygens (including phenoxy) is 1. The Morgan fingerprint density at radius 2 is 2.16 bits per heavy atom. The van der Waals surface area contributed by atoms with Crippen molar-refractivity contribution in [2.24, 2.45) is 5.11 Å². The van der Waals surface area contributed by atoms with Gasteiger partial charge >= 0.3 is 5.87 Å². The molecule has 1 aromatic heterocycles. The first kappa shape index (κ1) is 13.1. The Morgan fingerprint density at radius 3 is 2.84 bits per heavy atom. The van der Waals surface area contributed by atoms with Gasteiger partial charge in [-0.1, -0.05) is 23.8 Å². The fourth-order valence-electron chi connectivity index (χ4n) is 1.30. The van der Waals surface area contributed by atoms with Gasteiger partial charge < -0.3 is 9.84 Å². The lowest BCUT2D eigenvalue weighted by atomic mass is 10.2. The van der Waals surface area contributed by atoms with Crippen molar-refractivity contribution in [1.82, 2.24) is 0 Å². The fraction of sp³-hybridized carbons (Fsp3) is 0.143. The molecule has 0 N–H and O–H groups in total. The topological polar surface area (TPSA) is 58.8 Å². The van der Waals surface area contributed by atoms with Gasteiger partial charge in [0.1, 0.15) is 15.6 Å². The summed E-state index contributed by atoms with van der Waals surface area (Å²) in [5, 5.41) is 17.1. The van der Waals surface area contributed by atoms with Crippen LogP contribution >= 0.6 is 11.3 Å². The van der Waals surface area contributed by atoms with E-state index in [0.717, 1.165) is 10.4 Å². The van der Waals surface area contributed by atoms with Gasteiger partial charge in [0, 0.05) is 11.5 Å². The Kier molecular flexibility index (Phi) is 4.54. The second-order valence-corrected chi connectivity index (χ2v) is 4.84. The van der Waals surface area contributed by atoms with E-state index in [2.05, 4.69) is 15.8 Å². The van der Waals surface area contributed by atoms with Gasteiger partial charge in [0.15, 0.2) is 5.95 Å². The first-order valence-electron chi connectivity index (χ1n) is 5.66. The first-order chi connectivity index (χ1) is 9.24. The minimum absolute atomic E-state index is 0.240. The molecular formula is C14H12N2O2S. The second kappa shape index (κ2) is 6.57. The highest BCUT2D eigenvalue weighted by Crippen LogP contribution is 2.11. The van der Waals surface area contributed by atoms with Crippen LogP contribution in [0.25, 0.3) is 0 Å². The molecule has 1 aromatic carbocycles. The van der Waals surface area contributed by atoms with E-state index in [1.54, 1.807) is 0 Å². The summed E-state index contributed by atoms with van der Waals surface area (Å²) in [6.45, 7) is 2.23. The SMILES string of the molecule is Cc1ccc(N=[N+]=C=C([O-])OCc2cccs2)cc1. The van der Waals surface area contributed by atoms with E-state index in [-0.39, 0.29) is 6.61 Å². The van der Waals surface area contributed by atoms with Crippen LogP contribution in [0.4, 0.5) is 5.69 Å². The lowest BCUT2D eigenvalue weighted by molar-refractivity contribution is -0.357. The summed E-state index contributed by atoms with van der Waals surface area (Å²) < 4.78 is 4.95. The average Bonchev–Trinajstić information content (AvgIpc) is 2.92. The molecule has 0 spiro atoms. The maximum absolute atomic E-state index is 11.3. The lowest BCUT2D eigenvalue weighted by Crippen LogP contribution is -2.08. The molecule has 19 heavy (non-hydrogen) atoms. The van der Waals surface area contributed by atoms with Crippen LogP contribution in [0.3, 0.4) is 0 Å². The summed E-state index contributed by atoms with van der Waals surface area (Å²) in [4.78, 5) is 4.55. The predicted octanol–water partition coefficient (Wildman–Crippen LogP) is 2.44. The Bertz CT molecular complexity index is 620. The quantitative estimate of drug-likeness (QED) is 0.371. The van der Waals surface area contributed by atoms with E-state index in [1.165, 1.54) is 11.3 Å². The highest BCUT2D eigenvalue weighted by atomic mass is 32.1. The molecule has 1 heterocycles. The molecule has 0 aliphatic carbocycles. The predicted molar refractivity (Wildman–Crippen MR) is 71.2 cm³/mol. The largest absolute Gasteiger partial charge is 0.597 e. The molecule has 2 aromatic rings. The van der Waals surface area contributed by atoms with E-state index < -0.39 is 5.95 Å². The highest BCUT2D eigenvalue weighted by molar-refractivity contribution is 7.09. The Hall–Kier alpha value is -2.32. The number of hydrogen-bond donors (Lipinski definition) is 0. The second-order valence-electron chi connectivity index (χ2n) is 3.80. The van der Waals surface area contributed by atoms with Crippen molar-refractivity contribution in [2.45, 2.75) is 13.5 Å². The van der Waals surface area contributed by atoms with Crippen LogP contribution in [0.1, 0.15) is 10.4 Å². The van der Waals surface area contributed by atoms with Crippen LogP contribution in [0.5, 0.6) is 0 Å². The van der Waals surface area contributed by atoms with E-state index >= 15 is 0 Å². The van der Waals surface area contributed by atoms with E-state index in [0.29, 0.717) is 5.69 Å². The van der Waals surface area contributed by atoms with Crippen LogP contribution in [-0.4, -0.2) is 10.7 Å². The number of benzene rings is 1. The van der Waals surface area contributed by atoms with Crippen molar-refractivity contribution in [1.29, 1.82) is 0 Å². The van der Waals surface area contributed by atoms with Gasteiger partial charge in [0.2, 0.25) is 0 Å². The summed E-state index contributed by atoms with van der Waals surface area (Å²) >= 11 is 1.53. The average molecular weight is 272 g/mol. The standard InChI is InChI=1S/C14H12N2O2S/c1-11-4-6-12(7-5-11)16-15-9-14(17)18-10-13-3-2-8-19-13/h2-8H,10H2,1H3. The number of aryl methyl sites for hydroxylation is 1. The summed E-state index contributed by atoms with van der Waals surface area (Å²) in [6.07, 6.45) is 0. The van der Waals surface area contributed by atoms with E-state index in [9.17, 15) is 5.11 Å². The van der Waals surface area contributed by atoms with Gasteiger partial charge in [0.05, 0.1) is 0 Å². The molecule has 0 saturated heterocycles. The minimum atomic E-state index is -0.621. The third-order valence-corrected chi connectivity index (χ3v) is 3.12. The Labute approximate surface area is 115 Å². The van der Waals surface area contributed by atoms with Crippen molar-refractivity contribution < 1.29 is 14.6 Å². The fourth-order valence-corrected chi connectivity index (χ4v) is 1.91. The summed E-state index contributed by atoms with van der Waals surface area (Å²) in [7, 11) is 0. The molecule has 0 aliphatic rings. The van der Waals surface area contributed by atoms with Gasteiger partial charge in [0.25, 0.3) is 0 Å². The monoisotopic (exact) mass is 272 g/mol. The van der Waals surface area contributed by atoms with Crippen molar-refractivity contribution in [3.05, 3.63) is 58.2 Å². The van der Waals surface area contributed by atoms with Crippen LogP contribution < -0.4 is 5.11 Å². The zero-order valence-electron chi connectivity index (χ0n) is 10.4. The van der Waals surface area contributed by atoms with Crippen molar-refractivity contribution >= 4 is 22.9 Å². The van der Waals surface area contributed by atoms with Gasteiger partial charge in [-0.25, -0.2) is 0 Å². The third-order valence-electron chi connectivity index (χ3n) is 2.27. The number of rotatable bonds is 4. The zero-order valence-corrected chi connectivity index (χ0v) is 11.2. The zero-order chi connectivity index (χ0) is 13.5. The molecule has 0 amide bonds. The van der Waals surface area contributed by atoms with Crippen LogP contribution in [-0.2, 0) is 11.3 Å². The first-order valence-corrected chi connectivity index (χ1v) is 6.54. The molecular weight excluding hydrogens is 260 g/mol. The highest BCUT2D eigenvalue weighted by Gasteiger charge is 1.93. The summed E-state index contributed by atoms with van der Waals surface area (Å²) in [6, 6.07) is 11.3. The van der Waals surface area contributed by atoms with Crippen molar-refractivity contribution in [2.75, 3.05) is 0 Å². The molecule has 0 fully saturated rings. The molecule has 5 heteroatoms. The van der Waals surface area contributed by atoms with Gasteiger partial charge in [-0.2, -0.15) is 0 Å². The molecule has 0 radical (unpaired) electrons. The Balaban J connectivity index is 1.98. The van der Waals surface area contributed by atoms with Crippen LogP contribution in [0, 0.1) is 6.92 Å². The smallest absolute Gasteiger partial charge is 0.376 e. The molecule has 0 bridgehead atoms. The number of nitrogens with zero attached hydrogens (tertiary/aromatic N) is 2. The van der Waals surface area contributed by atoms with Gasteiger partial charge in [-0.15, -0.1) is 11.3 Å². The van der Waals surface area contributed by atoms with Gasteiger partial charge in [-0.05, 0) is 30.5 Å². The van der Waals surface area contributed by atoms with Crippen molar-refractivity contribution in [3.8, 4) is 0 Å². The summed E-state index contributed by atoms with van der Waals surface area (Å²) in [5.41, 5.74) is 1.81. The minimum Gasteiger partial charge on any atom is -0.597 e. The van der Waals surface area contributed by atoms with Gasteiger partial charge in [-0.3, -0.25) is 0 Å². The number of thiophene rings is 1. The lowest BCUT2D eigenvalue weighted by Gasteiger charge is -2.07. The molecule has 0 unspecified atom stereocenters.